The molecule has 26 nitrogen and oxygen atoms in total. The third-order valence-electron chi connectivity index (χ3n) is 17.2. The molecule has 32 heteroatoms. The molecule has 1 atom stereocenters. The van der Waals surface area contributed by atoms with E-state index >= 15 is 0 Å². The molecule has 124 heavy (non-hydrogen) atoms. The Morgan fingerprint density at radius 3 is 1.29 bits per heavy atom. The van der Waals surface area contributed by atoms with Crippen LogP contribution in [0.5, 0.6) is 11.5 Å². The molecule has 0 amide bonds. The number of ketones is 1. The first-order valence-corrected chi connectivity index (χ1v) is 46.4. The van der Waals surface area contributed by atoms with E-state index in [1.165, 1.54) is 170 Å². The normalized spacial score (nSPS) is 12.4. The molecule has 1 aromatic heterocycles. The Morgan fingerprint density at radius 1 is 0.548 bits per heavy atom. The van der Waals surface area contributed by atoms with Gasteiger partial charge in [0, 0.05) is 50.9 Å². The molecule has 1 unspecified atom stereocenters. The molecule has 7 aromatic rings. The molecule has 1 fully saturated rings. The van der Waals surface area contributed by atoms with Gasteiger partial charge < -0.3 is 64.5 Å². The zero-order valence-electron chi connectivity index (χ0n) is 76.1. The van der Waals surface area contributed by atoms with Crippen molar-refractivity contribution in [3.63, 3.8) is 0 Å². The zero-order valence-corrected chi connectivity index (χ0v) is 84.6. The monoisotopic (exact) mass is 1820 g/mol. The SMILES string of the molecule is C.C.CC.CC.CC1(O)CC(N2CCOCC2)=C(O)C1=O.CCCCCC.CCCCCCCCCCCCc1ccc(S(=O)(=O)[O-])cc1.CCCCCCCCc1ccc(CS(=O)(=O)[O-])cc1.CCCCOC(=O)c1ccc(O)cc1.CCNc1nc(NO)nc(NCC)n1.CSOO[O-].OCCOc1ccccc1.[Na+].[Na+].[Na+].c1ccc2ccccc2c1. The summed E-state index contributed by atoms with van der Waals surface area (Å²) in [6.45, 7) is 29.0. The molecule has 1 aliphatic heterocycles. The first-order valence-electron chi connectivity index (χ1n) is 42.2. The Kier molecular flexibility index (Phi) is 93.0. The second kappa shape index (κ2) is 87.3. The number of carbonyl (C=O) groups excluding carboxylic acids is 2. The first-order chi connectivity index (χ1) is 57.3. The van der Waals surface area contributed by atoms with Crippen LogP contribution in [0, 0.1) is 0 Å². The average molecular weight is 1820 g/mol. The number of rotatable bonds is 39. The number of morpholine rings is 1. The average Bonchev–Trinajstić information content (AvgIpc) is 1.64. The zero-order chi connectivity index (χ0) is 89.2. The van der Waals surface area contributed by atoms with Crippen molar-refractivity contribution < 1.29 is 179 Å². The summed E-state index contributed by atoms with van der Waals surface area (Å²) in [5.74, 6) is 0.303. The van der Waals surface area contributed by atoms with Crippen LogP contribution in [-0.2, 0) is 62.5 Å². The van der Waals surface area contributed by atoms with Crippen LogP contribution in [-0.4, -0.2) is 154 Å². The number of benzene rings is 6. The van der Waals surface area contributed by atoms with E-state index in [0.29, 0.717) is 81.3 Å². The van der Waals surface area contributed by atoms with Gasteiger partial charge in [-0.25, -0.2) is 27.1 Å². The summed E-state index contributed by atoms with van der Waals surface area (Å²) in [5.41, 5.74) is 4.34. The van der Waals surface area contributed by atoms with Crippen LogP contribution in [0.2, 0.25) is 0 Å². The number of para-hydroxylation sites is 1. The third kappa shape index (κ3) is 69.0. The number of carbonyl (C=O) groups is 2. The predicted molar refractivity (Wildman–Crippen MR) is 491 cm³/mol. The number of phenolic OH excluding ortho intramolecular Hbond substituents is 1. The van der Waals surface area contributed by atoms with Gasteiger partial charge in [0.1, 0.15) is 33.8 Å². The Morgan fingerprint density at radius 2 is 0.935 bits per heavy atom. The minimum atomic E-state index is -4.31. The van der Waals surface area contributed by atoms with Crippen molar-refractivity contribution in [1.82, 2.24) is 19.9 Å². The summed E-state index contributed by atoms with van der Waals surface area (Å²) in [7, 11) is -8.48. The van der Waals surface area contributed by atoms with Crippen molar-refractivity contribution >= 4 is 72.6 Å². The van der Waals surface area contributed by atoms with E-state index in [2.05, 4.69) is 111 Å². The topological polar surface area (TPSA) is 397 Å². The standard InChI is InChI=1S/C18H30O3S.C15H24O3S.C11H14O3.C10H15NO4.C10H8.C8H10O2.C7H14N6O.C6H14.2C2H6.CH4O3S.2CH4.3Na/c1-2-3-4-5-6-7-8-9-10-11-12-17-13-15-18(16-14-17)22(19,20)21;1-2-3-4-5-6-7-8-14-9-11-15(12-10-14)13-19(16,17)18;1-2-3-8-14-11(13)9-4-6-10(12)7-5-9;1-10(14)6-7(8(12)9(10)13)11-2-4-15-5-3-11;1-2-6-10-8-4-3-7-9(10)5-1;9-6-7-10-8-4-2-1-3-5-8;1-3-8-5-10-6(9-4-2)12-7(11-5)13-14;1-3-5-6-4-2;2*1-2;1-5-4-3-2;;;;;/h13-16H,2-12H2,1H3,(H,19,20,21);9-12H,2-8,13H2,1H3,(H,16,17,18);4-7,12H,2-3,8H2,1H3;12,14H,2-6H2,1H3;1-8H;1-5,9H,6-7H2;14H,3-4H2,1-2H3,(H3,8,9,10,11,12,13);3-6H2,1-2H3;2*1-2H3;2H,1H3;2*1H4;;;/q;;;;;;;;;;;;;3*+1/p-3. The minimum Gasteiger partial charge on any atom is -0.748 e. The molecule has 2 aliphatic rings. The maximum Gasteiger partial charge on any atom is 1.00 e. The van der Waals surface area contributed by atoms with Crippen LogP contribution < -0.4 is 115 Å². The fourth-order valence-corrected chi connectivity index (χ4v) is 12.1. The Labute approximate surface area is 816 Å². The molecular weight excluding hydrogens is 1670 g/mol. The number of Topliss-reactive ketones (excluding diaryl/α,β-unsaturated/α-hetero) is 1. The maximum atomic E-state index is 11.5. The molecule has 0 spiro atoms. The van der Waals surface area contributed by atoms with Crippen molar-refractivity contribution in [1.29, 1.82) is 0 Å². The minimum absolute atomic E-state index is 0. The number of unbranched alkanes of at least 4 members (excludes halogenated alkanes) is 18. The number of ether oxygens (including phenoxy) is 3. The molecule has 8 N–H and O–H groups in total. The van der Waals surface area contributed by atoms with E-state index in [1.54, 1.807) is 42.7 Å². The number of nitrogens with zero attached hydrogens (tertiary/aromatic N) is 4. The Balaban J connectivity index is -0.000000251. The van der Waals surface area contributed by atoms with Crippen LogP contribution in [0.3, 0.4) is 0 Å². The van der Waals surface area contributed by atoms with E-state index in [1.807, 2.05) is 101 Å². The molecule has 0 saturated carbocycles. The fourth-order valence-electron chi connectivity index (χ4n) is 11.0. The number of phenols is 1. The molecule has 0 bridgehead atoms. The van der Waals surface area contributed by atoms with Crippen LogP contribution in [0.4, 0.5) is 17.8 Å². The van der Waals surface area contributed by atoms with E-state index in [4.69, 9.17) is 34.9 Å². The smallest absolute Gasteiger partial charge is 0.748 e. The van der Waals surface area contributed by atoms with E-state index in [-0.39, 0.29) is 145 Å². The van der Waals surface area contributed by atoms with Gasteiger partial charge in [0.05, 0.1) is 58.5 Å². The van der Waals surface area contributed by atoms with Gasteiger partial charge in [0.25, 0.3) is 5.95 Å². The first kappa shape index (κ1) is 132. The van der Waals surface area contributed by atoms with Gasteiger partial charge in [-0.2, -0.15) is 19.3 Å². The Hall–Kier alpha value is -5.04. The van der Waals surface area contributed by atoms with Gasteiger partial charge in [-0.3, -0.25) is 15.0 Å². The Bertz CT molecular complexity index is 3790. The molecule has 2 heterocycles. The summed E-state index contributed by atoms with van der Waals surface area (Å²) in [6.07, 6.45) is 31.9. The largest absolute Gasteiger partial charge is 1.00 e. The van der Waals surface area contributed by atoms with Crippen molar-refractivity contribution in [3.05, 3.63) is 185 Å². The summed E-state index contributed by atoms with van der Waals surface area (Å²) < 4.78 is 83.3. The van der Waals surface area contributed by atoms with Crippen LogP contribution >= 0.6 is 12.0 Å². The molecule has 9 rings (SSSR count). The molecular formula is C92H150N7Na3O19S3. The number of esters is 1. The van der Waals surface area contributed by atoms with Crippen molar-refractivity contribution in [2.45, 2.75) is 275 Å². The summed E-state index contributed by atoms with van der Waals surface area (Å²) >= 11 is 0.867. The molecule has 6 aromatic carbocycles. The number of aryl methyl sites for hydroxylation is 2. The van der Waals surface area contributed by atoms with E-state index in [0.717, 1.165) is 55.5 Å². The number of aliphatic hydroxyl groups excluding tert-OH is 2. The number of hydrogen-bond acceptors (Lipinski definition) is 27. The molecule has 0 radical (unpaired) electrons. The number of aromatic nitrogens is 3. The predicted octanol–water partition coefficient (Wildman–Crippen LogP) is 11.7. The quantitative estimate of drug-likeness (QED) is 0.00337. The summed E-state index contributed by atoms with van der Waals surface area (Å²) in [6, 6.07) is 45.8. The number of aliphatic hydroxyl groups is 3. The second-order valence-electron chi connectivity index (χ2n) is 27.0. The van der Waals surface area contributed by atoms with Gasteiger partial charge in [0.2, 0.25) is 17.7 Å². The van der Waals surface area contributed by atoms with Gasteiger partial charge >= 0.3 is 94.6 Å². The van der Waals surface area contributed by atoms with Gasteiger partial charge in [-0.05, 0) is 129 Å². The van der Waals surface area contributed by atoms with E-state index in [9.17, 15) is 45.7 Å². The second-order valence-corrected chi connectivity index (χ2v) is 30.3. The molecule has 1 saturated heterocycles. The number of anilines is 3. The molecule has 688 valence electrons. The van der Waals surface area contributed by atoms with Gasteiger partial charge in [0.15, 0.2) is 5.76 Å². The van der Waals surface area contributed by atoms with Gasteiger partial charge in [-0.1, -0.05) is 302 Å². The number of fused-ring (bicyclic) bond motifs is 1. The van der Waals surface area contributed by atoms with Crippen molar-refractivity contribution in [2.24, 2.45) is 0 Å². The van der Waals surface area contributed by atoms with Crippen LogP contribution in [0.1, 0.15) is 273 Å². The van der Waals surface area contributed by atoms with Crippen LogP contribution in [0.15, 0.2) is 168 Å². The summed E-state index contributed by atoms with van der Waals surface area (Å²) in [4.78, 5) is 36.4. The summed E-state index contributed by atoms with van der Waals surface area (Å²) in [5, 5.41) is 65.6. The molecule has 1 aliphatic carbocycles. The number of aromatic hydroxyl groups is 1. The van der Waals surface area contributed by atoms with Crippen molar-refractivity contribution in [3.8, 4) is 11.5 Å². The van der Waals surface area contributed by atoms with E-state index < -0.39 is 37.4 Å². The number of nitrogens with one attached hydrogen (secondary N) is 3. The maximum absolute atomic E-state index is 11.5. The number of hydrogen-bond donors (Lipinski definition) is 8. The van der Waals surface area contributed by atoms with Gasteiger partial charge in [-0.15, -0.1) is 0 Å². The van der Waals surface area contributed by atoms with Crippen LogP contribution in [0.25, 0.3) is 10.8 Å². The fraction of sp³-hybridized carbons (Fsp3) is 0.554. The van der Waals surface area contributed by atoms with Crippen molar-refractivity contribution in [2.75, 3.05) is 81.6 Å². The third-order valence-corrected chi connectivity index (χ3v) is 18.9.